The Hall–Kier alpha value is -2.74. The molecule has 2 aromatic rings. The Kier molecular flexibility index (Phi) is 4.20. The van der Waals surface area contributed by atoms with Crippen LogP contribution in [0.1, 0.15) is 36.3 Å². The summed E-state index contributed by atoms with van der Waals surface area (Å²) in [7, 11) is 0. The Morgan fingerprint density at radius 1 is 0.875 bits per heavy atom. The van der Waals surface area contributed by atoms with Crippen molar-refractivity contribution in [2.75, 3.05) is 0 Å². The van der Waals surface area contributed by atoms with Crippen LogP contribution in [0.2, 0.25) is 0 Å². The van der Waals surface area contributed by atoms with Crippen LogP contribution in [0.4, 0.5) is 0 Å². The van der Waals surface area contributed by atoms with E-state index >= 15 is 0 Å². The second-order valence-corrected chi connectivity index (χ2v) is 6.17. The summed E-state index contributed by atoms with van der Waals surface area (Å²) in [4.78, 5) is 7.44. The topological polar surface area (TPSA) is 25.8 Å². The molecule has 118 valence electrons. The van der Waals surface area contributed by atoms with Crippen molar-refractivity contribution in [3.05, 3.63) is 88.4 Å². The summed E-state index contributed by atoms with van der Waals surface area (Å²) in [5, 5.41) is 2.88. The van der Waals surface area contributed by atoms with Crippen LogP contribution in [0.25, 0.3) is 18.2 Å². The fourth-order valence-corrected chi connectivity index (χ4v) is 3.59. The number of hydrogen-bond donors (Lipinski definition) is 0. The van der Waals surface area contributed by atoms with Gasteiger partial charge >= 0.3 is 0 Å². The van der Waals surface area contributed by atoms with Crippen molar-refractivity contribution >= 4 is 18.2 Å². The standard InChI is InChI=1S/C18H16.C4H4N2/c1-3-7-15-13(5-1)9-11-18-16-8-4-2-6-14(16)10-12-17(15)18;1-2-6-4-3-5-1/h1,3,5-6,8-12,15H,2,4,7H2;1-4H/t15-;/m1./s1. The van der Waals surface area contributed by atoms with E-state index in [1.807, 2.05) is 0 Å². The minimum atomic E-state index is 0.579. The summed E-state index contributed by atoms with van der Waals surface area (Å²) in [5.74, 6) is 0.579. The van der Waals surface area contributed by atoms with Gasteiger partial charge in [-0.25, -0.2) is 0 Å². The SMILES string of the molecule is C1=CC[C@@H]2C(=C1)C=Cc1c2ccc2c1=CCCC=2.c1cnccn1. The van der Waals surface area contributed by atoms with E-state index in [-0.39, 0.29) is 0 Å². The Morgan fingerprint density at radius 3 is 2.46 bits per heavy atom. The van der Waals surface area contributed by atoms with Gasteiger partial charge in [-0.2, -0.15) is 0 Å². The van der Waals surface area contributed by atoms with Crippen LogP contribution in [0.3, 0.4) is 0 Å². The molecular formula is C22H20N2. The van der Waals surface area contributed by atoms with Gasteiger partial charge in [0.1, 0.15) is 0 Å². The number of nitrogens with zero attached hydrogens (tertiary/aromatic N) is 2. The third-order valence-corrected chi connectivity index (χ3v) is 4.73. The number of hydrogen-bond acceptors (Lipinski definition) is 2. The van der Waals surface area contributed by atoms with Crippen LogP contribution in [0, 0.1) is 0 Å². The van der Waals surface area contributed by atoms with Gasteiger partial charge in [0, 0.05) is 30.7 Å². The van der Waals surface area contributed by atoms with Crippen molar-refractivity contribution in [3.8, 4) is 0 Å². The van der Waals surface area contributed by atoms with Gasteiger partial charge in [0.2, 0.25) is 0 Å². The summed E-state index contributed by atoms with van der Waals surface area (Å²) in [6, 6.07) is 4.64. The molecule has 5 rings (SSSR count). The average molecular weight is 312 g/mol. The summed E-state index contributed by atoms with van der Waals surface area (Å²) in [6.45, 7) is 0. The highest BCUT2D eigenvalue weighted by Crippen LogP contribution is 2.36. The lowest BCUT2D eigenvalue weighted by molar-refractivity contribution is 0.808. The maximum atomic E-state index is 3.72. The molecule has 0 saturated heterocycles. The number of rotatable bonds is 0. The first-order chi connectivity index (χ1) is 11.9. The Morgan fingerprint density at radius 2 is 1.67 bits per heavy atom. The molecule has 2 nitrogen and oxygen atoms in total. The van der Waals surface area contributed by atoms with Gasteiger partial charge in [-0.05, 0) is 46.4 Å². The molecule has 0 fully saturated rings. The first kappa shape index (κ1) is 14.8. The Labute approximate surface area is 142 Å². The third-order valence-electron chi connectivity index (χ3n) is 4.73. The lowest BCUT2D eigenvalue weighted by atomic mass is 9.78. The molecule has 24 heavy (non-hydrogen) atoms. The van der Waals surface area contributed by atoms with E-state index < -0.39 is 0 Å². The number of allylic oxidation sites excluding steroid dienone is 5. The van der Waals surface area contributed by atoms with Crippen LogP contribution in [-0.4, -0.2) is 9.97 Å². The largest absolute Gasteiger partial charge is 0.262 e. The molecule has 0 spiro atoms. The lowest BCUT2D eigenvalue weighted by Crippen LogP contribution is -2.31. The van der Waals surface area contributed by atoms with Gasteiger partial charge in [0.15, 0.2) is 0 Å². The van der Waals surface area contributed by atoms with Crippen molar-refractivity contribution in [2.45, 2.75) is 25.2 Å². The molecule has 0 bridgehead atoms. The minimum Gasteiger partial charge on any atom is -0.262 e. The molecule has 1 aromatic carbocycles. The van der Waals surface area contributed by atoms with Gasteiger partial charge in [-0.15, -0.1) is 0 Å². The highest BCUT2D eigenvalue weighted by molar-refractivity contribution is 5.67. The van der Waals surface area contributed by atoms with E-state index in [9.17, 15) is 0 Å². The summed E-state index contributed by atoms with van der Waals surface area (Å²) >= 11 is 0. The maximum absolute atomic E-state index is 3.72. The van der Waals surface area contributed by atoms with Crippen LogP contribution in [0.15, 0.2) is 66.8 Å². The van der Waals surface area contributed by atoms with Crippen molar-refractivity contribution in [2.24, 2.45) is 0 Å². The quantitative estimate of drug-likeness (QED) is 0.744. The van der Waals surface area contributed by atoms with E-state index in [0.717, 1.165) is 6.42 Å². The van der Waals surface area contributed by atoms with Gasteiger partial charge in [0.25, 0.3) is 0 Å². The van der Waals surface area contributed by atoms with Crippen molar-refractivity contribution in [1.82, 2.24) is 9.97 Å². The molecule has 0 aliphatic heterocycles. The van der Waals surface area contributed by atoms with Crippen LogP contribution < -0.4 is 10.4 Å². The van der Waals surface area contributed by atoms with Gasteiger partial charge in [0.05, 0.1) is 0 Å². The molecule has 0 radical (unpaired) electrons. The Balaban J connectivity index is 0.000000207. The predicted molar refractivity (Wildman–Crippen MR) is 99.5 cm³/mol. The van der Waals surface area contributed by atoms with Crippen LogP contribution >= 0.6 is 0 Å². The van der Waals surface area contributed by atoms with Crippen molar-refractivity contribution in [1.29, 1.82) is 0 Å². The molecule has 0 unspecified atom stereocenters. The molecule has 1 heterocycles. The zero-order chi connectivity index (χ0) is 16.2. The van der Waals surface area contributed by atoms with E-state index in [1.54, 1.807) is 24.8 Å². The second-order valence-electron chi connectivity index (χ2n) is 6.17. The number of aromatic nitrogens is 2. The van der Waals surface area contributed by atoms with Crippen molar-refractivity contribution in [3.63, 3.8) is 0 Å². The predicted octanol–water partition coefficient (Wildman–Crippen LogP) is 3.51. The average Bonchev–Trinajstić information content (AvgIpc) is 2.69. The highest BCUT2D eigenvalue weighted by Gasteiger charge is 2.22. The van der Waals surface area contributed by atoms with E-state index in [0.29, 0.717) is 5.92 Å². The molecular weight excluding hydrogens is 292 g/mol. The normalized spacial score (nSPS) is 19.3. The Bertz CT molecular complexity index is 907. The molecule has 1 aromatic heterocycles. The fraction of sp³-hybridized carbons (Fsp3) is 0.182. The first-order valence-electron chi connectivity index (χ1n) is 8.51. The zero-order valence-corrected chi connectivity index (χ0v) is 13.6. The van der Waals surface area contributed by atoms with Crippen LogP contribution in [0.5, 0.6) is 0 Å². The molecule has 0 N–H and O–H groups in total. The van der Waals surface area contributed by atoms with Gasteiger partial charge in [-0.1, -0.05) is 54.7 Å². The molecule has 0 saturated carbocycles. The smallest absolute Gasteiger partial charge is 0.0451 e. The second kappa shape index (κ2) is 6.79. The minimum absolute atomic E-state index is 0.579. The lowest BCUT2D eigenvalue weighted by Gasteiger charge is -2.26. The van der Waals surface area contributed by atoms with Crippen LogP contribution in [-0.2, 0) is 0 Å². The van der Waals surface area contributed by atoms with E-state index in [4.69, 9.17) is 0 Å². The zero-order valence-electron chi connectivity index (χ0n) is 13.6. The van der Waals surface area contributed by atoms with Gasteiger partial charge in [-0.3, -0.25) is 9.97 Å². The third kappa shape index (κ3) is 2.88. The maximum Gasteiger partial charge on any atom is 0.0451 e. The number of benzene rings is 1. The summed E-state index contributed by atoms with van der Waals surface area (Å²) in [5.41, 5.74) is 4.43. The van der Waals surface area contributed by atoms with Gasteiger partial charge < -0.3 is 0 Å². The molecule has 0 amide bonds. The number of fused-ring (bicyclic) bond motifs is 5. The molecule has 3 aliphatic carbocycles. The monoisotopic (exact) mass is 312 g/mol. The highest BCUT2D eigenvalue weighted by atomic mass is 14.7. The molecule has 1 atom stereocenters. The fourth-order valence-electron chi connectivity index (χ4n) is 3.59. The summed E-state index contributed by atoms with van der Waals surface area (Å²) < 4.78 is 0. The van der Waals surface area contributed by atoms with E-state index in [2.05, 4.69) is 64.6 Å². The first-order valence-corrected chi connectivity index (χ1v) is 8.51. The van der Waals surface area contributed by atoms with E-state index in [1.165, 1.54) is 40.0 Å². The molecule has 2 heteroatoms. The molecule has 3 aliphatic rings. The summed E-state index contributed by atoms with van der Waals surface area (Å²) in [6.07, 6.45) is 26.2. The van der Waals surface area contributed by atoms with Crippen molar-refractivity contribution < 1.29 is 0 Å².